The largest absolute Gasteiger partial charge is 0.0928 e. The summed E-state index contributed by atoms with van der Waals surface area (Å²) < 4.78 is 0. The zero-order chi connectivity index (χ0) is 13.1. The summed E-state index contributed by atoms with van der Waals surface area (Å²) in [6.07, 6.45) is 10.4. The normalized spacial score (nSPS) is 10.8. The van der Waals surface area contributed by atoms with Crippen molar-refractivity contribution in [3.05, 3.63) is 35.4 Å². The lowest BCUT2D eigenvalue weighted by Gasteiger charge is -2.09. The van der Waals surface area contributed by atoms with Gasteiger partial charge in [-0.15, -0.1) is 0 Å². The van der Waals surface area contributed by atoms with Gasteiger partial charge in [0, 0.05) is 10.7 Å². The third-order valence-electron chi connectivity index (χ3n) is 3.28. The Morgan fingerprint density at radius 1 is 0.611 bits per heavy atom. The van der Waals surface area contributed by atoms with Gasteiger partial charge in [0.2, 0.25) is 0 Å². The van der Waals surface area contributed by atoms with Gasteiger partial charge >= 0.3 is 0 Å². The van der Waals surface area contributed by atoms with Crippen LogP contribution in [0.25, 0.3) is 0 Å². The number of alkyl halides is 2. The van der Waals surface area contributed by atoms with Gasteiger partial charge in [0.15, 0.2) is 0 Å². The zero-order valence-electron chi connectivity index (χ0n) is 11.1. The number of unbranched alkanes of at least 4 members (excludes halogenated alkanes) is 4. The SMILES string of the molecule is BrCCCCCc1ccccc1CCCCCBr. The number of halogens is 2. The predicted molar refractivity (Wildman–Crippen MR) is 89.1 cm³/mol. The molecule has 1 aromatic carbocycles. The van der Waals surface area contributed by atoms with E-state index in [0.717, 1.165) is 10.7 Å². The lowest BCUT2D eigenvalue weighted by molar-refractivity contribution is 0.699. The summed E-state index contributed by atoms with van der Waals surface area (Å²) in [6, 6.07) is 8.99. The van der Waals surface area contributed by atoms with Crippen LogP contribution in [0.4, 0.5) is 0 Å². The molecule has 0 saturated heterocycles. The third-order valence-corrected chi connectivity index (χ3v) is 4.40. The van der Waals surface area contributed by atoms with Gasteiger partial charge in [0.25, 0.3) is 0 Å². The maximum Gasteiger partial charge on any atom is 0.00313 e. The number of rotatable bonds is 10. The summed E-state index contributed by atoms with van der Waals surface area (Å²) >= 11 is 6.99. The summed E-state index contributed by atoms with van der Waals surface area (Å²) in [5.74, 6) is 0. The second-order valence-corrected chi connectivity index (χ2v) is 6.35. The lowest BCUT2D eigenvalue weighted by Crippen LogP contribution is -1.95. The Kier molecular flexibility index (Phi) is 9.96. The topological polar surface area (TPSA) is 0 Å². The minimum atomic E-state index is 1.14. The highest BCUT2D eigenvalue weighted by atomic mass is 79.9. The first-order valence-electron chi connectivity index (χ1n) is 7.07. The Bertz CT molecular complexity index is 279. The highest BCUT2D eigenvalue weighted by molar-refractivity contribution is 9.09. The second-order valence-electron chi connectivity index (χ2n) is 4.77. The first kappa shape index (κ1) is 16.2. The van der Waals surface area contributed by atoms with Crippen LogP contribution in [-0.2, 0) is 12.8 Å². The van der Waals surface area contributed by atoms with Crippen LogP contribution in [0.15, 0.2) is 24.3 Å². The first-order valence-corrected chi connectivity index (χ1v) is 9.31. The van der Waals surface area contributed by atoms with E-state index >= 15 is 0 Å². The van der Waals surface area contributed by atoms with Gasteiger partial charge in [-0.1, -0.05) is 69.0 Å². The molecule has 0 spiro atoms. The molecule has 0 fully saturated rings. The minimum absolute atomic E-state index is 1.14. The fraction of sp³-hybridized carbons (Fsp3) is 0.625. The average molecular weight is 376 g/mol. The Morgan fingerprint density at radius 2 is 1.06 bits per heavy atom. The molecule has 1 rings (SSSR count). The van der Waals surface area contributed by atoms with E-state index in [9.17, 15) is 0 Å². The van der Waals surface area contributed by atoms with Crippen molar-refractivity contribution in [1.29, 1.82) is 0 Å². The molecule has 0 aliphatic heterocycles. The standard InChI is InChI=1S/C16H24Br2/c17-13-7-1-3-9-15-11-5-6-12-16(15)10-4-2-8-14-18/h5-6,11-12H,1-4,7-10,13-14H2. The fourth-order valence-corrected chi connectivity index (χ4v) is 3.01. The smallest absolute Gasteiger partial charge is 0.00313 e. The van der Waals surface area contributed by atoms with Crippen LogP contribution in [0, 0.1) is 0 Å². The monoisotopic (exact) mass is 374 g/mol. The van der Waals surface area contributed by atoms with E-state index in [1.165, 1.54) is 51.4 Å². The third kappa shape index (κ3) is 6.94. The first-order chi connectivity index (χ1) is 8.88. The molecule has 0 aliphatic rings. The number of hydrogen-bond acceptors (Lipinski definition) is 0. The van der Waals surface area contributed by atoms with E-state index in [4.69, 9.17) is 0 Å². The van der Waals surface area contributed by atoms with Crippen molar-refractivity contribution < 1.29 is 0 Å². The molecule has 18 heavy (non-hydrogen) atoms. The summed E-state index contributed by atoms with van der Waals surface area (Å²) in [4.78, 5) is 0. The highest BCUT2D eigenvalue weighted by Crippen LogP contribution is 2.16. The zero-order valence-corrected chi connectivity index (χ0v) is 14.3. The van der Waals surface area contributed by atoms with Crippen LogP contribution < -0.4 is 0 Å². The molecule has 2 heteroatoms. The molecule has 0 aromatic heterocycles. The summed E-state index contributed by atoms with van der Waals surface area (Å²) in [6.45, 7) is 0. The minimum Gasteiger partial charge on any atom is -0.0928 e. The molecule has 0 N–H and O–H groups in total. The Hall–Kier alpha value is 0.180. The molecular formula is C16H24Br2. The van der Waals surface area contributed by atoms with Crippen LogP contribution in [0.3, 0.4) is 0 Å². The van der Waals surface area contributed by atoms with E-state index in [-0.39, 0.29) is 0 Å². The van der Waals surface area contributed by atoms with Crippen LogP contribution in [0.5, 0.6) is 0 Å². The van der Waals surface area contributed by atoms with Gasteiger partial charge in [-0.2, -0.15) is 0 Å². The summed E-state index contributed by atoms with van der Waals surface area (Å²) in [7, 11) is 0. The van der Waals surface area contributed by atoms with Gasteiger partial charge in [0.1, 0.15) is 0 Å². The fourth-order valence-electron chi connectivity index (χ4n) is 2.22. The quantitative estimate of drug-likeness (QED) is 0.352. The number of benzene rings is 1. The van der Waals surface area contributed by atoms with Crippen LogP contribution in [0.1, 0.15) is 49.7 Å². The average Bonchev–Trinajstić information content (AvgIpc) is 2.41. The molecule has 0 amide bonds. The number of hydrogen-bond donors (Lipinski definition) is 0. The molecule has 0 aliphatic carbocycles. The van der Waals surface area contributed by atoms with Gasteiger partial charge < -0.3 is 0 Å². The molecular weight excluding hydrogens is 352 g/mol. The lowest BCUT2D eigenvalue weighted by atomic mass is 9.97. The predicted octanol–water partition coefficient (Wildman–Crippen LogP) is 5.90. The van der Waals surface area contributed by atoms with Crippen molar-refractivity contribution in [1.82, 2.24) is 0 Å². The van der Waals surface area contributed by atoms with Gasteiger partial charge in [-0.05, 0) is 49.7 Å². The van der Waals surface area contributed by atoms with E-state index in [2.05, 4.69) is 56.1 Å². The Balaban J connectivity index is 2.36. The van der Waals surface area contributed by atoms with E-state index < -0.39 is 0 Å². The molecule has 102 valence electrons. The van der Waals surface area contributed by atoms with Gasteiger partial charge in [-0.3, -0.25) is 0 Å². The van der Waals surface area contributed by atoms with Crippen LogP contribution in [0.2, 0.25) is 0 Å². The number of aryl methyl sites for hydroxylation is 2. The Labute approximate surface area is 129 Å². The van der Waals surface area contributed by atoms with E-state index in [1.54, 1.807) is 11.1 Å². The van der Waals surface area contributed by atoms with Gasteiger partial charge in [-0.25, -0.2) is 0 Å². The molecule has 0 nitrogen and oxygen atoms in total. The summed E-state index contributed by atoms with van der Waals surface area (Å²) in [5, 5.41) is 2.28. The van der Waals surface area contributed by atoms with E-state index in [1.807, 2.05) is 0 Å². The van der Waals surface area contributed by atoms with Gasteiger partial charge in [0.05, 0.1) is 0 Å². The highest BCUT2D eigenvalue weighted by Gasteiger charge is 2.01. The van der Waals surface area contributed by atoms with Crippen LogP contribution in [-0.4, -0.2) is 10.7 Å². The molecule has 0 heterocycles. The van der Waals surface area contributed by atoms with Crippen molar-refractivity contribution in [2.45, 2.75) is 51.4 Å². The van der Waals surface area contributed by atoms with Crippen molar-refractivity contribution >= 4 is 31.9 Å². The molecule has 1 aromatic rings. The Morgan fingerprint density at radius 3 is 1.44 bits per heavy atom. The maximum absolute atomic E-state index is 3.50. The van der Waals surface area contributed by atoms with Crippen molar-refractivity contribution in [3.8, 4) is 0 Å². The molecule has 0 bridgehead atoms. The van der Waals surface area contributed by atoms with Crippen molar-refractivity contribution in [2.75, 3.05) is 10.7 Å². The maximum atomic E-state index is 3.50. The van der Waals surface area contributed by atoms with Crippen molar-refractivity contribution in [2.24, 2.45) is 0 Å². The molecule has 0 radical (unpaired) electrons. The molecule has 0 unspecified atom stereocenters. The van der Waals surface area contributed by atoms with Crippen molar-refractivity contribution in [3.63, 3.8) is 0 Å². The van der Waals surface area contributed by atoms with E-state index in [0.29, 0.717) is 0 Å². The molecule has 0 saturated carbocycles. The second kappa shape index (κ2) is 11.0. The van der Waals surface area contributed by atoms with Crippen LogP contribution >= 0.6 is 31.9 Å². The molecule has 0 atom stereocenters. The summed E-state index contributed by atoms with van der Waals surface area (Å²) in [5.41, 5.74) is 3.15.